The summed E-state index contributed by atoms with van der Waals surface area (Å²) < 4.78 is 26.4. The first-order valence-electron chi connectivity index (χ1n) is 6.15. The molecule has 2 rings (SSSR count). The molecular weight excluding hydrogens is 312 g/mol. The lowest BCUT2D eigenvalue weighted by Gasteiger charge is -2.12. The molecule has 0 aliphatic carbocycles. The van der Waals surface area contributed by atoms with Crippen molar-refractivity contribution in [2.75, 3.05) is 6.54 Å². The van der Waals surface area contributed by atoms with Crippen LogP contribution in [0.5, 0.6) is 0 Å². The summed E-state index contributed by atoms with van der Waals surface area (Å²) in [5, 5.41) is 10.9. The summed E-state index contributed by atoms with van der Waals surface area (Å²) in [7, 11) is -3.65. The number of aliphatic carboxylic acids is 1. The fourth-order valence-electron chi connectivity index (χ4n) is 1.72. The number of nitrogens with zero attached hydrogens (tertiary/aromatic N) is 1. The van der Waals surface area contributed by atoms with Gasteiger partial charge in [0.1, 0.15) is 4.21 Å². The highest BCUT2D eigenvalue weighted by atomic mass is 32.2. The maximum Gasteiger partial charge on any atom is 0.308 e. The van der Waals surface area contributed by atoms with Gasteiger partial charge in [-0.3, -0.25) is 9.78 Å². The molecule has 112 valence electrons. The van der Waals surface area contributed by atoms with Crippen LogP contribution in [0.15, 0.2) is 46.1 Å². The van der Waals surface area contributed by atoms with E-state index in [0.29, 0.717) is 5.69 Å². The molecule has 0 spiro atoms. The Labute approximate surface area is 126 Å². The number of carboxylic acid groups (broad SMARTS) is 1. The van der Waals surface area contributed by atoms with Crippen molar-refractivity contribution in [3.63, 3.8) is 0 Å². The van der Waals surface area contributed by atoms with Crippen LogP contribution in [0.2, 0.25) is 0 Å². The Morgan fingerprint density at radius 2 is 2.14 bits per heavy atom. The van der Waals surface area contributed by atoms with Crippen LogP contribution < -0.4 is 4.72 Å². The molecule has 8 heteroatoms. The molecule has 0 amide bonds. The van der Waals surface area contributed by atoms with E-state index in [-0.39, 0.29) is 17.2 Å². The molecule has 2 aromatic heterocycles. The van der Waals surface area contributed by atoms with Gasteiger partial charge in [0.15, 0.2) is 0 Å². The van der Waals surface area contributed by atoms with Crippen LogP contribution in [0.25, 0.3) is 0 Å². The van der Waals surface area contributed by atoms with Crippen LogP contribution >= 0.6 is 11.3 Å². The Balaban J connectivity index is 2.03. The quantitative estimate of drug-likeness (QED) is 0.801. The SMILES string of the molecule is O=C(O)C(CNS(=O)(=O)c1cccs1)Cc1ccccn1. The summed E-state index contributed by atoms with van der Waals surface area (Å²) >= 11 is 1.08. The number of sulfonamides is 1. The maximum absolute atomic E-state index is 12.0. The van der Waals surface area contributed by atoms with E-state index in [1.54, 1.807) is 35.8 Å². The number of thiophene rings is 1. The van der Waals surface area contributed by atoms with Gasteiger partial charge in [0.05, 0.1) is 5.92 Å². The van der Waals surface area contributed by atoms with Gasteiger partial charge in [-0.05, 0) is 23.6 Å². The Morgan fingerprint density at radius 3 is 2.71 bits per heavy atom. The molecule has 0 saturated carbocycles. The highest BCUT2D eigenvalue weighted by Gasteiger charge is 2.23. The smallest absolute Gasteiger partial charge is 0.308 e. The van der Waals surface area contributed by atoms with Crippen molar-refractivity contribution >= 4 is 27.3 Å². The zero-order valence-electron chi connectivity index (χ0n) is 11.0. The van der Waals surface area contributed by atoms with E-state index in [4.69, 9.17) is 0 Å². The first-order valence-corrected chi connectivity index (χ1v) is 8.51. The predicted molar refractivity (Wildman–Crippen MR) is 78.6 cm³/mol. The third-order valence-corrected chi connectivity index (χ3v) is 5.63. The molecule has 21 heavy (non-hydrogen) atoms. The van der Waals surface area contributed by atoms with Gasteiger partial charge in [-0.2, -0.15) is 0 Å². The van der Waals surface area contributed by atoms with Gasteiger partial charge in [0.25, 0.3) is 0 Å². The monoisotopic (exact) mass is 326 g/mol. The summed E-state index contributed by atoms with van der Waals surface area (Å²) in [5.41, 5.74) is 0.611. The molecule has 0 bridgehead atoms. The molecule has 0 aromatic carbocycles. The molecule has 1 unspecified atom stereocenters. The molecule has 0 saturated heterocycles. The Kier molecular flexibility index (Phi) is 5.05. The molecule has 0 radical (unpaired) electrons. The van der Waals surface area contributed by atoms with Crippen molar-refractivity contribution < 1.29 is 18.3 Å². The van der Waals surface area contributed by atoms with E-state index in [0.717, 1.165) is 11.3 Å². The third-order valence-electron chi connectivity index (χ3n) is 2.81. The Morgan fingerprint density at radius 1 is 1.33 bits per heavy atom. The number of nitrogens with one attached hydrogen (secondary N) is 1. The summed E-state index contributed by atoms with van der Waals surface area (Å²) in [6.45, 7) is -0.174. The lowest BCUT2D eigenvalue weighted by atomic mass is 10.0. The van der Waals surface area contributed by atoms with Crippen molar-refractivity contribution in [3.8, 4) is 0 Å². The van der Waals surface area contributed by atoms with Crippen LogP contribution in [-0.2, 0) is 21.2 Å². The van der Waals surface area contributed by atoms with Crippen LogP contribution in [0.3, 0.4) is 0 Å². The number of carbonyl (C=O) groups is 1. The molecule has 0 aliphatic rings. The highest BCUT2D eigenvalue weighted by molar-refractivity contribution is 7.91. The van der Waals surface area contributed by atoms with E-state index in [2.05, 4.69) is 9.71 Å². The van der Waals surface area contributed by atoms with Crippen molar-refractivity contribution in [1.82, 2.24) is 9.71 Å². The van der Waals surface area contributed by atoms with Gasteiger partial charge >= 0.3 is 5.97 Å². The number of aromatic nitrogens is 1. The van der Waals surface area contributed by atoms with Crippen molar-refractivity contribution in [3.05, 3.63) is 47.6 Å². The number of rotatable bonds is 7. The number of carboxylic acids is 1. The average molecular weight is 326 g/mol. The van der Waals surface area contributed by atoms with Crippen LogP contribution in [0, 0.1) is 5.92 Å². The normalized spacial score (nSPS) is 13.0. The second-order valence-corrected chi connectivity index (χ2v) is 7.29. The summed E-state index contributed by atoms with van der Waals surface area (Å²) in [6, 6.07) is 8.31. The minimum absolute atomic E-state index is 0.170. The van der Waals surface area contributed by atoms with E-state index in [9.17, 15) is 18.3 Å². The average Bonchev–Trinajstić information content (AvgIpc) is 2.99. The summed E-state index contributed by atoms with van der Waals surface area (Å²) in [5.74, 6) is -1.93. The fourth-order valence-corrected chi connectivity index (χ4v) is 3.84. The lowest BCUT2D eigenvalue weighted by Crippen LogP contribution is -2.34. The molecule has 0 aliphatic heterocycles. The maximum atomic E-state index is 12.0. The van der Waals surface area contributed by atoms with Crippen molar-refractivity contribution in [2.24, 2.45) is 5.92 Å². The second kappa shape index (κ2) is 6.79. The largest absolute Gasteiger partial charge is 0.481 e. The van der Waals surface area contributed by atoms with E-state index in [1.165, 1.54) is 6.07 Å². The summed E-state index contributed by atoms with van der Waals surface area (Å²) in [6.07, 6.45) is 1.74. The predicted octanol–water partition coefficient (Wildman–Crippen LogP) is 1.36. The minimum Gasteiger partial charge on any atom is -0.481 e. The van der Waals surface area contributed by atoms with Gasteiger partial charge in [0.2, 0.25) is 10.0 Å². The topological polar surface area (TPSA) is 96.4 Å². The fraction of sp³-hybridized carbons (Fsp3) is 0.231. The van der Waals surface area contributed by atoms with Gasteiger partial charge in [0, 0.05) is 24.9 Å². The second-order valence-electron chi connectivity index (χ2n) is 4.34. The zero-order chi connectivity index (χ0) is 15.3. The molecule has 2 aromatic rings. The van der Waals surface area contributed by atoms with Gasteiger partial charge in [-0.25, -0.2) is 13.1 Å². The van der Waals surface area contributed by atoms with Crippen LogP contribution in [0.1, 0.15) is 5.69 Å². The minimum atomic E-state index is -3.65. The number of hydrogen-bond donors (Lipinski definition) is 2. The molecule has 6 nitrogen and oxygen atoms in total. The van der Waals surface area contributed by atoms with E-state index < -0.39 is 21.9 Å². The Bertz CT molecular complexity index is 684. The van der Waals surface area contributed by atoms with Gasteiger partial charge in [-0.1, -0.05) is 12.1 Å². The number of pyridine rings is 1. The van der Waals surface area contributed by atoms with Gasteiger partial charge < -0.3 is 5.11 Å². The van der Waals surface area contributed by atoms with Crippen LogP contribution in [-0.4, -0.2) is 31.0 Å². The van der Waals surface area contributed by atoms with E-state index >= 15 is 0 Å². The lowest BCUT2D eigenvalue weighted by molar-refractivity contribution is -0.141. The van der Waals surface area contributed by atoms with Crippen LogP contribution in [0.4, 0.5) is 0 Å². The standard InChI is InChI=1S/C13H14N2O4S2/c16-13(17)10(8-11-4-1-2-6-14-11)9-15-21(18,19)12-5-3-7-20-12/h1-7,10,15H,8-9H2,(H,16,17). The molecule has 2 heterocycles. The highest BCUT2D eigenvalue weighted by Crippen LogP contribution is 2.16. The first kappa shape index (κ1) is 15.6. The zero-order valence-corrected chi connectivity index (χ0v) is 12.6. The van der Waals surface area contributed by atoms with Crippen molar-refractivity contribution in [1.29, 1.82) is 0 Å². The summed E-state index contributed by atoms with van der Waals surface area (Å²) in [4.78, 5) is 15.3. The van der Waals surface area contributed by atoms with Gasteiger partial charge in [-0.15, -0.1) is 11.3 Å². The van der Waals surface area contributed by atoms with E-state index in [1.807, 2.05) is 0 Å². The number of hydrogen-bond acceptors (Lipinski definition) is 5. The Hall–Kier alpha value is -1.77. The molecule has 0 fully saturated rings. The molecule has 2 N–H and O–H groups in total. The first-order chi connectivity index (χ1) is 9.99. The molecule has 1 atom stereocenters. The molecular formula is C13H14N2O4S2. The third kappa shape index (κ3) is 4.35. The van der Waals surface area contributed by atoms with Crippen molar-refractivity contribution in [2.45, 2.75) is 10.6 Å².